The summed E-state index contributed by atoms with van der Waals surface area (Å²) in [7, 11) is 0. The van der Waals surface area contributed by atoms with Crippen molar-refractivity contribution in [1.82, 2.24) is 9.97 Å². The van der Waals surface area contributed by atoms with Crippen molar-refractivity contribution in [3.8, 4) is 11.3 Å². The van der Waals surface area contributed by atoms with Gasteiger partial charge in [0.2, 0.25) is 0 Å². The summed E-state index contributed by atoms with van der Waals surface area (Å²) in [6.07, 6.45) is 0. The van der Waals surface area contributed by atoms with Crippen LogP contribution in [0.5, 0.6) is 0 Å². The number of H-pyrrole nitrogens is 1. The van der Waals surface area contributed by atoms with E-state index in [1.807, 2.05) is 6.07 Å². The monoisotopic (exact) mass is 393 g/mol. The number of hydrogen-bond acceptors (Lipinski definition) is 3. The Labute approximate surface area is 163 Å². The largest absolute Gasteiger partial charge is 0.321 e. The minimum atomic E-state index is -0.528. The normalized spacial score (nSPS) is 10.8. The van der Waals surface area contributed by atoms with Crippen LogP contribution in [0.4, 0.5) is 10.1 Å². The number of para-hydroxylation sites is 2. The molecular weight excluding hydrogens is 381 g/mol. The van der Waals surface area contributed by atoms with Crippen LogP contribution in [0.3, 0.4) is 0 Å². The lowest BCUT2D eigenvalue weighted by atomic mass is 10.1. The number of anilines is 1. The quantitative estimate of drug-likeness (QED) is 0.532. The molecule has 1 amide bonds. The van der Waals surface area contributed by atoms with E-state index in [4.69, 9.17) is 11.6 Å². The van der Waals surface area contributed by atoms with Crippen LogP contribution in [0.15, 0.2) is 71.5 Å². The van der Waals surface area contributed by atoms with E-state index in [0.717, 1.165) is 6.07 Å². The van der Waals surface area contributed by atoms with Crippen LogP contribution in [0.1, 0.15) is 10.4 Å². The molecule has 0 atom stereocenters. The molecule has 0 fully saturated rings. The summed E-state index contributed by atoms with van der Waals surface area (Å²) >= 11 is 6.08. The van der Waals surface area contributed by atoms with E-state index in [1.54, 1.807) is 30.3 Å². The molecule has 0 bridgehead atoms. The van der Waals surface area contributed by atoms with Crippen molar-refractivity contribution in [1.29, 1.82) is 0 Å². The van der Waals surface area contributed by atoms with E-state index < -0.39 is 17.3 Å². The Bertz CT molecular complexity index is 1270. The molecule has 2 N–H and O–H groups in total. The Morgan fingerprint density at radius 1 is 1.04 bits per heavy atom. The first kappa shape index (κ1) is 17.9. The fraction of sp³-hybridized carbons (Fsp3) is 0. The SMILES string of the molecule is O=C(Nc1cc(Cl)ccc1-c1nc2ccccc2[nH]c1=O)c1cccc(F)c1. The van der Waals surface area contributed by atoms with Crippen LogP contribution >= 0.6 is 11.6 Å². The van der Waals surface area contributed by atoms with Crippen molar-refractivity contribution in [2.45, 2.75) is 0 Å². The van der Waals surface area contributed by atoms with Gasteiger partial charge in [-0.2, -0.15) is 0 Å². The zero-order valence-corrected chi connectivity index (χ0v) is 15.1. The average molecular weight is 394 g/mol. The predicted molar refractivity (Wildman–Crippen MR) is 107 cm³/mol. The molecule has 0 aliphatic rings. The number of amides is 1. The van der Waals surface area contributed by atoms with Gasteiger partial charge in [-0.05, 0) is 48.5 Å². The molecule has 0 aliphatic heterocycles. The van der Waals surface area contributed by atoms with Crippen LogP contribution < -0.4 is 10.9 Å². The molecule has 1 heterocycles. The molecule has 0 aliphatic carbocycles. The van der Waals surface area contributed by atoms with Crippen molar-refractivity contribution in [3.63, 3.8) is 0 Å². The van der Waals surface area contributed by atoms with Crippen molar-refractivity contribution in [2.24, 2.45) is 0 Å². The average Bonchev–Trinajstić information content (AvgIpc) is 2.68. The third-order valence-electron chi connectivity index (χ3n) is 4.17. The highest BCUT2D eigenvalue weighted by molar-refractivity contribution is 6.31. The van der Waals surface area contributed by atoms with Crippen LogP contribution in [0, 0.1) is 5.82 Å². The van der Waals surface area contributed by atoms with Crippen LogP contribution in [-0.4, -0.2) is 15.9 Å². The van der Waals surface area contributed by atoms with Crippen molar-refractivity contribution >= 4 is 34.2 Å². The number of carbonyl (C=O) groups is 1. The third-order valence-corrected chi connectivity index (χ3v) is 4.41. The van der Waals surface area contributed by atoms with Gasteiger partial charge in [-0.15, -0.1) is 0 Å². The number of nitrogens with zero attached hydrogens (tertiary/aromatic N) is 1. The summed E-state index contributed by atoms with van der Waals surface area (Å²) < 4.78 is 13.4. The number of benzene rings is 3. The molecular formula is C21H13ClFN3O2. The second-order valence-corrected chi connectivity index (χ2v) is 6.52. The van der Waals surface area contributed by atoms with E-state index >= 15 is 0 Å². The highest BCUT2D eigenvalue weighted by Gasteiger charge is 2.15. The molecule has 3 aromatic carbocycles. The van der Waals surface area contributed by atoms with Crippen molar-refractivity contribution in [2.75, 3.05) is 5.32 Å². The number of carbonyl (C=O) groups excluding carboxylic acids is 1. The first-order chi connectivity index (χ1) is 13.5. The van der Waals surface area contributed by atoms with Crippen LogP contribution in [0.25, 0.3) is 22.3 Å². The fourth-order valence-electron chi connectivity index (χ4n) is 2.86. The van der Waals surface area contributed by atoms with Gasteiger partial charge in [0.1, 0.15) is 11.5 Å². The summed E-state index contributed by atoms with van der Waals surface area (Å²) in [5, 5.41) is 3.06. The van der Waals surface area contributed by atoms with Gasteiger partial charge in [0.05, 0.1) is 16.7 Å². The first-order valence-electron chi connectivity index (χ1n) is 8.37. The van der Waals surface area contributed by atoms with E-state index in [1.165, 1.54) is 24.3 Å². The van der Waals surface area contributed by atoms with Gasteiger partial charge in [0, 0.05) is 16.1 Å². The maximum absolute atomic E-state index is 13.4. The van der Waals surface area contributed by atoms with E-state index in [-0.39, 0.29) is 11.3 Å². The Hall–Kier alpha value is -3.51. The van der Waals surface area contributed by atoms with Gasteiger partial charge in [-0.3, -0.25) is 9.59 Å². The predicted octanol–water partition coefficient (Wildman–Crippen LogP) is 4.63. The molecule has 138 valence electrons. The number of hydrogen-bond donors (Lipinski definition) is 2. The molecule has 0 saturated carbocycles. The minimum absolute atomic E-state index is 0.143. The number of aromatic amines is 1. The third kappa shape index (κ3) is 3.50. The van der Waals surface area contributed by atoms with E-state index in [0.29, 0.717) is 27.3 Å². The Morgan fingerprint density at radius 2 is 1.86 bits per heavy atom. The summed E-state index contributed by atoms with van der Waals surface area (Å²) in [6.45, 7) is 0. The lowest BCUT2D eigenvalue weighted by molar-refractivity contribution is 0.102. The highest BCUT2D eigenvalue weighted by atomic mass is 35.5. The van der Waals surface area contributed by atoms with E-state index in [9.17, 15) is 14.0 Å². The zero-order valence-electron chi connectivity index (χ0n) is 14.4. The van der Waals surface area contributed by atoms with E-state index in [2.05, 4.69) is 15.3 Å². The molecule has 4 rings (SSSR count). The minimum Gasteiger partial charge on any atom is -0.321 e. The molecule has 7 heteroatoms. The molecule has 4 aromatic rings. The fourth-order valence-corrected chi connectivity index (χ4v) is 3.03. The van der Waals surface area contributed by atoms with Gasteiger partial charge >= 0.3 is 0 Å². The lowest BCUT2D eigenvalue weighted by Gasteiger charge is -2.12. The molecule has 0 spiro atoms. The maximum atomic E-state index is 13.4. The Morgan fingerprint density at radius 3 is 2.68 bits per heavy atom. The van der Waals surface area contributed by atoms with Gasteiger partial charge in [0.15, 0.2) is 0 Å². The molecule has 28 heavy (non-hydrogen) atoms. The summed E-state index contributed by atoms with van der Waals surface area (Å²) in [5.74, 6) is -1.05. The maximum Gasteiger partial charge on any atom is 0.275 e. The van der Waals surface area contributed by atoms with Gasteiger partial charge in [0.25, 0.3) is 11.5 Å². The number of fused-ring (bicyclic) bond motifs is 1. The second kappa shape index (κ2) is 7.25. The van der Waals surface area contributed by atoms with Crippen LogP contribution in [0.2, 0.25) is 5.02 Å². The number of aromatic nitrogens is 2. The van der Waals surface area contributed by atoms with Crippen molar-refractivity contribution < 1.29 is 9.18 Å². The molecule has 0 unspecified atom stereocenters. The molecule has 1 aromatic heterocycles. The highest BCUT2D eigenvalue weighted by Crippen LogP contribution is 2.29. The Balaban J connectivity index is 1.80. The standard InChI is InChI=1S/C21H13ClFN3O2/c22-13-8-9-15(19-21(28)25-17-7-2-1-6-16(17)24-19)18(11-13)26-20(27)12-4-3-5-14(23)10-12/h1-11H,(H,25,28)(H,26,27). The van der Waals surface area contributed by atoms with Gasteiger partial charge in [-0.25, -0.2) is 9.37 Å². The smallest absolute Gasteiger partial charge is 0.275 e. The lowest BCUT2D eigenvalue weighted by Crippen LogP contribution is -2.16. The zero-order chi connectivity index (χ0) is 19.7. The summed E-state index contributed by atoms with van der Waals surface area (Å²) in [5.41, 5.74) is 1.81. The Kier molecular flexibility index (Phi) is 4.63. The molecule has 5 nitrogen and oxygen atoms in total. The van der Waals surface area contributed by atoms with Crippen LogP contribution in [-0.2, 0) is 0 Å². The number of nitrogens with one attached hydrogen (secondary N) is 2. The number of halogens is 2. The summed E-state index contributed by atoms with van der Waals surface area (Å²) in [6, 6.07) is 17.2. The second-order valence-electron chi connectivity index (χ2n) is 6.09. The van der Waals surface area contributed by atoms with Gasteiger partial charge < -0.3 is 10.3 Å². The summed E-state index contributed by atoms with van der Waals surface area (Å²) in [4.78, 5) is 32.3. The first-order valence-corrected chi connectivity index (χ1v) is 8.75. The van der Waals surface area contributed by atoms with Crippen molar-refractivity contribution in [3.05, 3.63) is 93.5 Å². The number of rotatable bonds is 3. The van der Waals surface area contributed by atoms with Gasteiger partial charge in [-0.1, -0.05) is 29.8 Å². The molecule has 0 radical (unpaired) electrons. The topological polar surface area (TPSA) is 74.8 Å². The molecule has 0 saturated heterocycles.